The topological polar surface area (TPSA) is 59.0 Å². The van der Waals surface area contributed by atoms with Crippen molar-refractivity contribution >= 4 is 5.91 Å². The van der Waals surface area contributed by atoms with Crippen LogP contribution in [0.3, 0.4) is 0 Å². The third kappa shape index (κ3) is 4.09. The van der Waals surface area contributed by atoms with Crippen LogP contribution in [0.15, 0.2) is 42.4 Å². The lowest BCUT2D eigenvalue weighted by atomic mass is 9.98. The van der Waals surface area contributed by atoms with E-state index in [1.807, 2.05) is 35.2 Å². The van der Waals surface area contributed by atoms with E-state index in [4.69, 9.17) is 9.47 Å². The first kappa shape index (κ1) is 16.8. The summed E-state index contributed by atoms with van der Waals surface area (Å²) < 4.78 is 10.7. The second-order valence-corrected chi connectivity index (χ2v) is 6.37. The number of aliphatic hydroxyl groups is 1. The number of hydrogen-bond acceptors (Lipinski definition) is 4. The molecule has 0 radical (unpaired) electrons. The largest absolute Gasteiger partial charge is 0.494 e. The van der Waals surface area contributed by atoms with Crippen molar-refractivity contribution in [2.75, 3.05) is 19.8 Å². The number of rotatable bonds is 4. The molecule has 2 aliphatic heterocycles. The van der Waals surface area contributed by atoms with Crippen LogP contribution in [0.1, 0.15) is 43.8 Å². The Morgan fingerprint density at radius 3 is 2.79 bits per heavy atom. The fraction of sp³-hybridized carbons (Fsp3) is 0.526. The molecule has 2 heterocycles. The normalized spacial score (nSPS) is 22.6. The number of hydrogen-bond donors (Lipinski definition) is 1. The molecule has 5 heteroatoms. The van der Waals surface area contributed by atoms with Gasteiger partial charge in [0.1, 0.15) is 19.5 Å². The maximum atomic E-state index is 12.8. The monoisotopic (exact) mass is 331 g/mol. The number of amides is 1. The summed E-state index contributed by atoms with van der Waals surface area (Å²) in [5.41, 5.74) is 0.894. The second kappa shape index (κ2) is 8.20. The molecule has 0 saturated carbocycles. The van der Waals surface area contributed by atoms with E-state index in [-0.39, 0.29) is 17.7 Å². The second-order valence-electron chi connectivity index (χ2n) is 6.37. The van der Waals surface area contributed by atoms with Gasteiger partial charge in [0.15, 0.2) is 0 Å². The number of nitrogens with zero attached hydrogens (tertiary/aromatic N) is 1. The summed E-state index contributed by atoms with van der Waals surface area (Å²) in [6.45, 7) is 1.58. The SMILES string of the molecule is O=C(C1=COCCO1)N1CCCCC[C@@H]1C[C@H](O)c1ccccc1. The summed E-state index contributed by atoms with van der Waals surface area (Å²) in [5.74, 6) is 0.157. The summed E-state index contributed by atoms with van der Waals surface area (Å²) in [7, 11) is 0. The quantitative estimate of drug-likeness (QED) is 0.922. The fourth-order valence-corrected chi connectivity index (χ4v) is 3.38. The average molecular weight is 331 g/mol. The molecule has 3 rings (SSSR count). The van der Waals surface area contributed by atoms with Crippen LogP contribution >= 0.6 is 0 Å². The number of aliphatic hydroxyl groups excluding tert-OH is 1. The van der Waals surface area contributed by atoms with Gasteiger partial charge in [0, 0.05) is 12.6 Å². The molecule has 0 aromatic heterocycles. The molecule has 2 atom stereocenters. The summed E-state index contributed by atoms with van der Waals surface area (Å²) in [5, 5.41) is 10.6. The first-order valence-corrected chi connectivity index (χ1v) is 8.74. The predicted molar refractivity (Wildman–Crippen MR) is 90.0 cm³/mol. The minimum Gasteiger partial charge on any atom is -0.494 e. The Morgan fingerprint density at radius 2 is 2.04 bits per heavy atom. The third-order valence-electron chi connectivity index (χ3n) is 4.68. The highest BCUT2D eigenvalue weighted by molar-refractivity contribution is 5.91. The molecular weight excluding hydrogens is 306 g/mol. The van der Waals surface area contributed by atoms with E-state index < -0.39 is 6.10 Å². The number of benzene rings is 1. The standard InChI is InChI=1S/C19H25NO4/c21-17(15-7-3-1-4-8-15)13-16-9-5-2-6-10-20(16)19(22)18-14-23-11-12-24-18/h1,3-4,7-8,14,16-17,21H,2,5-6,9-13H2/t16-,17+/m1/s1. The van der Waals surface area contributed by atoms with Crippen molar-refractivity contribution in [3.63, 3.8) is 0 Å². The Balaban J connectivity index is 1.72. The highest BCUT2D eigenvalue weighted by Crippen LogP contribution is 2.27. The van der Waals surface area contributed by atoms with Gasteiger partial charge in [-0.05, 0) is 24.8 Å². The summed E-state index contributed by atoms with van der Waals surface area (Å²) in [4.78, 5) is 14.7. The van der Waals surface area contributed by atoms with Crippen LogP contribution in [-0.2, 0) is 14.3 Å². The number of ether oxygens (including phenoxy) is 2. The van der Waals surface area contributed by atoms with Crippen molar-refractivity contribution in [3.05, 3.63) is 47.9 Å². The minimum atomic E-state index is -0.567. The Bertz CT molecular complexity index is 572. The molecule has 1 amide bonds. The molecule has 1 aromatic carbocycles. The summed E-state index contributed by atoms with van der Waals surface area (Å²) in [6.07, 6.45) is 5.47. The van der Waals surface area contributed by atoms with Gasteiger partial charge in [0.05, 0.1) is 6.10 Å². The number of carbonyl (C=O) groups is 1. The van der Waals surface area contributed by atoms with E-state index in [2.05, 4.69) is 0 Å². The molecule has 5 nitrogen and oxygen atoms in total. The minimum absolute atomic E-state index is 0.0154. The van der Waals surface area contributed by atoms with E-state index in [1.54, 1.807) is 0 Å². The van der Waals surface area contributed by atoms with Crippen LogP contribution < -0.4 is 0 Å². The molecule has 1 aromatic rings. The van der Waals surface area contributed by atoms with Crippen LogP contribution in [0.5, 0.6) is 0 Å². The van der Waals surface area contributed by atoms with E-state index >= 15 is 0 Å². The molecule has 0 aliphatic carbocycles. The Hall–Kier alpha value is -2.01. The van der Waals surface area contributed by atoms with Gasteiger partial charge in [-0.2, -0.15) is 0 Å². The highest BCUT2D eigenvalue weighted by Gasteiger charge is 2.31. The lowest BCUT2D eigenvalue weighted by Crippen LogP contribution is -2.42. The Labute approximate surface area is 142 Å². The van der Waals surface area contributed by atoms with Gasteiger partial charge in [0.25, 0.3) is 5.91 Å². The maximum absolute atomic E-state index is 12.8. The van der Waals surface area contributed by atoms with Crippen LogP contribution in [0.4, 0.5) is 0 Å². The Kier molecular flexibility index (Phi) is 5.75. The highest BCUT2D eigenvalue weighted by atomic mass is 16.6. The van der Waals surface area contributed by atoms with E-state index in [0.29, 0.717) is 26.2 Å². The average Bonchev–Trinajstić information content (AvgIpc) is 2.88. The van der Waals surface area contributed by atoms with Crippen LogP contribution in [-0.4, -0.2) is 41.7 Å². The van der Waals surface area contributed by atoms with Crippen molar-refractivity contribution in [2.45, 2.75) is 44.2 Å². The molecule has 1 saturated heterocycles. The number of likely N-dealkylation sites (tertiary alicyclic amines) is 1. The predicted octanol–water partition coefficient (Wildman–Crippen LogP) is 2.77. The van der Waals surface area contributed by atoms with Crippen LogP contribution in [0, 0.1) is 0 Å². The van der Waals surface area contributed by atoms with E-state index in [9.17, 15) is 9.90 Å². The molecule has 24 heavy (non-hydrogen) atoms. The summed E-state index contributed by atoms with van der Waals surface area (Å²) in [6, 6.07) is 9.65. The summed E-state index contributed by atoms with van der Waals surface area (Å²) >= 11 is 0. The lowest BCUT2D eigenvalue weighted by Gasteiger charge is -2.32. The van der Waals surface area contributed by atoms with E-state index in [1.165, 1.54) is 6.26 Å². The van der Waals surface area contributed by atoms with Gasteiger partial charge in [-0.3, -0.25) is 4.79 Å². The molecule has 1 N–H and O–H groups in total. The zero-order valence-electron chi connectivity index (χ0n) is 13.9. The van der Waals surface area contributed by atoms with Gasteiger partial charge in [0.2, 0.25) is 5.76 Å². The first-order valence-electron chi connectivity index (χ1n) is 8.74. The number of carbonyl (C=O) groups excluding carboxylic acids is 1. The molecular formula is C19H25NO4. The van der Waals surface area contributed by atoms with Gasteiger partial charge in [-0.15, -0.1) is 0 Å². The van der Waals surface area contributed by atoms with Gasteiger partial charge < -0.3 is 19.5 Å². The van der Waals surface area contributed by atoms with Crippen LogP contribution in [0.25, 0.3) is 0 Å². The third-order valence-corrected chi connectivity index (χ3v) is 4.68. The van der Waals surface area contributed by atoms with Gasteiger partial charge in [-0.1, -0.05) is 43.2 Å². The molecule has 1 fully saturated rings. The van der Waals surface area contributed by atoms with Crippen molar-refractivity contribution in [1.82, 2.24) is 4.90 Å². The molecule has 2 aliphatic rings. The first-order chi connectivity index (χ1) is 11.8. The van der Waals surface area contributed by atoms with Crippen molar-refractivity contribution in [2.24, 2.45) is 0 Å². The van der Waals surface area contributed by atoms with Gasteiger partial charge >= 0.3 is 0 Å². The van der Waals surface area contributed by atoms with Crippen molar-refractivity contribution < 1.29 is 19.4 Å². The van der Waals surface area contributed by atoms with E-state index in [0.717, 1.165) is 31.2 Å². The molecule has 0 spiro atoms. The maximum Gasteiger partial charge on any atom is 0.292 e. The van der Waals surface area contributed by atoms with Crippen molar-refractivity contribution in [1.29, 1.82) is 0 Å². The Morgan fingerprint density at radius 1 is 1.21 bits per heavy atom. The fourth-order valence-electron chi connectivity index (χ4n) is 3.38. The van der Waals surface area contributed by atoms with Gasteiger partial charge in [-0.25, -0.2) is 0 Å². The molecule has 0 unspecified atom stereocenters. The van der Waals surface area contributed by atoms with Crippen molar-refractivity contribution in [3.8, 4) is 0 Å². The molecule has 130 valence electrons. The lowest BCUT2D eigenvalue weighted by molar-refractivity contribution is -0.135. The molecule has 0 bridgehead atoms. The zero-order chi connectivity index (χ0) is 16.8. The smallest absolute Gasteiger partial charge is 0.292 e. The zero-order valence-corrected chi connectivity index (χ0v) is 13.9. The van der Waals surface area contributed by atoms with Crippen LogP contribution in [0.2, 0.25) is 0 Å².